The number of halogens is 1. The Kier molecular flexibility index (Phi) is 7.29. The van der Waals surface area contributed by atoms with Crippen molar-refractivity contribution in [3.8, 4) is 0 Å². The van der Waals surface area contributed by atoms with Gasteiger partial charge in [0.05, 0.1) is 15.6 Å². The maximum Gasteiger partial charge on any atom is 0.240 e. The summed E-state index contributed by atoms with van der Waals surface area (Å²) in [6, 6.07) is 4.25. The SMILES string of the molecule is CCCCOCCCNS(=O)(=O)c1ccc(Cl)c(N)c1. The van der Waals surface area contributed by atoms with Gasteiger partial charge in [-0.05, 0) is 31.0 Å². The van der Waals surface area contributed by atoms with Gasteiger partial charge in [-0.3, -0.25) is 0 Å². The average molecular weight is 321 g/mol. The zero-order valence-electron chi connectivity index (χ0n) is 11.6. The fourth-order valence-electron chi connectivity index (χ4n) is 1.50. The lowest BCUT2D eigenvalue weighted by Gasteiger charge is -2.08. The van der Waals surface area contributed by atoms with Gasteiger partial charge in [0.25, 0.3) is 0 Å². The summed E-state index contributed by atoms with van der Waals surface area (Å²) in [5.74, 6) is 0. The predicted octanol–water partition coefficient (Wildman–Crippen LogP) is 2.41. The molecule has 0 bridgehead atoms. The van der Waals surface area contributed by atoms with E-state index in [4.69, 9.17) is 22.1 Å². The van der Waals surface area contributed by atoms with Crippen molar-refractivity contribution in [1.82, 2.24) is 4.72 Å². The van der Waals surface area contributed by atoms with Crippen LogP contribution in [0.15, 0.2) is 23.1 Å². The van der Waals surface area contributed by atoms with Crippen LogP contribution in [0.1, 0.15) is 26.2 Å². The van der Waals surface area contributed by atoms with Crippen LogP contribution in [0, 0.1) is 0 Å². The summed E-state index contributed by atoms with van der Waals surface area (Å²) in [6.45, 7) is 3.69. The highest BCUT2D eigenvalue weighted by atomic mass is 35.5. The van der Waals surface area contributed by atoms with E-state index in [0.29, 0.717) is 24.6 Å². The molecule has 0 heterocycles. The second kappa shape index (κ2) is 8.46. The first-order valence-corrected chi connectivity index (χ1v) is 8.46. The predicted molar refractivity (Wildman–Crippen MR) is 81.4 cm³/mol. The second-order valence-electron chi connectivity index (χ2n) is 4.40. The van der Waals surface area contributed by atoms with E-state index < -0.39 is 10.0 Å². The molecule has 0 aliphatic heterocycles. The number of rotatable bonds is 9. The quantitative estimate of drug-likeness (QED) is 0.541. The molecule has 0 atom stereocenters. The highest BCUT2D eigenvalue weighted by Gasteiger charge is 2.14. The van der Waals surface area contributed by atoms with E-state index in [1.165, 1.54) is 18.2 Å². The summed E-state index contributed by atoms with van der Waals surface area (Å²) in [5, 5.41) is 0.341. The highest BCUT2D eigenvalue weighted by Crippen LogP contribution is 2.21. The van der Waals surface area contributed by atoms with Crippen LogP contribution in [0.2, 0.25) is 5.02 Å². The maximum atomic E-state index is 12.0. The van der Waals surface area contributed by atoms with Crippen LogP contribution in [0.5, 0.6) is 0 Å². The Bertz CT molecular complexity index is 520. The second-order valence-corrected chi connectivity index (χ2v) is 6.57. The summed E-state index contributed by atoms with van der Waals surface area (Å²) >= 11 is 5.76. The van der Waals surface area contributed by atoms with Crippen LogP contribution in [0.3, 0.4) is 0 Å². The van der Waals surface area contributed by atoms with E-state index in [9.17, 15) is 8.42 Å². The van der Waals surface area contributed by atoms with Crippen molar-refractivity contribution >= 4 is 27.3 Å². The van der Waals surface area contributed by atoms with Gasteiger partial charge in [-0.15, -0.1) is 0 Å². The van der Waals surface area contributed by atoms with Crippen LogP contribution in [-0.4, -0.2) is 28.2 Å². The zero-order valence-corrected chi connectivity index (χ0v) is 13.1. The molecule has 5 nitrogen and oxygen atoms in total. The monoisotopic (exact) mass is 320 g/mol. The summed E-state index contributed by atoms with van der Waals surface area (Å²) in [5.41, 5.74) is 5.84. The topological polar surface area (TPSA) is 81.4 Å². The largest absolute Gasteiger partial charge is 0.397 e. The van der Waals surface area contributed by atoms with Gasteiger partial charge in [-0.2, -0.15) is 0 Å². The van der Waals surface area contributed by atoms with E-state index in [2.05, 4.69) is 11.6 Å². The zero-order chi connectivity index (χ0) is 15.0. The van der Waals surface area contributed by atoms with Gasteiger partial charge < -0.3 is 10.5 Å². The first-order chi connectivity index (χ1) is 9.47. The van der Waals surface area contributed by atoms with E-state index in [1.807, 2.05) is 0 Å². The molecule has 0 aliphatic rings. The minimum absolute atomic E-state index is 0.117. The van der Waals surface area contributed by atoms with Gasteiger partial charge in [0.2, 0.25) is 10.0 Å². The number of nitrogens with one attached hydrogen (secondary N) is 1. The molecule has 0 radical (unpaired) electrons. The maximum absolute atomic E-state index is 12.0. The van der Waals surface area contributed by atoms with Crippen molar-refractivity contribution in [2.75, 3.05) is 25.5 Å². The van der Waals surface area contributed by atoms with Crippen LogP contribution >= 0.6 is 11.6 Å². The molecule has 0 aromatic heterocycles. The molecule has 0 unspecified atom stereocenters. The van der Waals surface area contributed by atoms with Crippen LogP contribution < -0.4 is 10.5 Å². The van der Waals surface area contributed by atoms with Gasteiger partial charge >= 0.3 is 0 Å². The molecule has 0 saturated carbocycles. The third kappa shape index (κ3) is 5.66. The van der Waals surface area contributed by atoms with Crippen LogP contribution in [0.4, 0.5) is 5.69 Å². The number of hydrogen-bond acceptors (Lipinski definition) is 4. The molecule has 114 valence electrons. The molecule has 7 heteroatoms. The van der Waals surface area contributed by atoms with Crippen molar-refractivity contribution in [3.63, 3.8) is 0 Å². The van der Waals surface area contributed by atoms with Crippen molar-refractivity contribution < 1.29 is 13.2 Å². The molecular formula is C13H21ClN2O3S. The fraction of sp³-hybridized carbons (Fsp3) is 0.538. The Balaban J connectivity index is 2.40. The number of hydrogen-bond donors (Lipinski definition) is 2. The molecule has 0 fully saturated rings. The Morgan fingerprint density at radius 1 is 1.30 bits per heavy atom. The van der Waals surface area contributed by atoms with E-state index in [0.717, 1.165) is 19.4 Å². The fourth-order valence-corrected chi connectivity index (χ4v) is 2.73. The lowest BCUT2D eigenvalue weighted by atomic mass is 10.3. The van der Waals surface area contributed by atoms with Crippen molar-refractivity contribution in [2.24, 2.45) is 0 Å². The van der Waals surface area contributed by atoms with Gasteiger partial charge in [-0.25, -0.2) is 13.1 Å². The molecular weight excluding hydrogens is 300 g/mol. The number of sulfonamides is 1. The third-order valence-electron chi connectivity index (χ3n) is 2.68. The van der Waals surface area contributed by atoms with Gasteiger partial charge in [0.1, 0.15) is 0 Å². The number of nitrogen functional groups attached to an aromatic ring is 1. The van der Waals surface area contributed by atoms with E-state index >= 15 is 0 Å². The average Bonchev–Trinajstić information content (AvgIpc) is 2.40. The summed E-state index contributed by atoms with van der Waals surface area (Å²) in [7, 11) is -3.54. The van der Waals surface area contributed by atoms with Gasteiger partial charge in [0.15, 0.2) is 0 Å². The number of anilines is 1. The molecule has 1 aromatic rings. The lowest BCUT2D eigenvalue weighted by Crippen LogP contribution is -2.25. The van der Waals surface area contributed by atoms with E-state index in [-0.39, 0.29) is 10.6 Å². The number of unbranched alkanes of at least 4 members (excludes halogenated alkanes) is 1. The molecule has 3 N–H and O–H groups in total. The van der Waals surface area contributed by atoms with Crippen molar-refractivity contribution in [2.45, 2.75) is 31.1 Å². The highest BCUT2D eigenvalue weighted by molar-refractivity contribution is 7.89. The lowest BCUT2D eigenvalue weighted by molar-refractivity contribution is 0.130. The van der Waals surface area contributed by atoms with Crippen LogP contribution in [-0.2, 0) is 14.8 Å². The summed E-state index contributed by atoms with van der Waals surface area (Å²) < 4.78 is 31.8. The molecule has 1 rings (SSSR count). The Labute approximate surface area is 125 Å². The van der Waals surface area contributed by atoms with Gasteiger partial charge in [-0.1, -0.05) is 24.9 Å². The Morgan fingerprint density at radius 2 is 2.00 bits per heavy atom. The number of nitrogens with two attached hydrogens (primary N) is 1. The Hall–Kier alpha value is -0.820. The number of ether oxygens (including phenoxy) is 1. The molecule has 0 saturated heterocycles. The minimum atomic E-state index is -3.54. The number of benzene rings is 1. The summed E-state index contributed by atoms with van der Waals surface area (Å²) in [6.07, 6.45) is 2.74. The normalized spacial score (nSPS) is 11.7. The van der Waals surface area contributed by atoms with Crippen molar-refractivity contribution in [1.29, 1.82) is 0 Å². The van der Waals surface area contributed by atoms with Crippen LogP contribution in [0.25, 0.3) is 0 Å². The first-order valence-electron chi connectivity index (χ1n) is 6.60. The Morgan fingerprint density at radius 3 is 2.65 bits per heavy atom. The third-order valence-corrected chi connectivity index (χ3v) is 4.48. The molecule has 0 amide bonds. The summed E-state index contributed by atoms with van der Waals surface area (Å²) in [4.78, 5) is 0.117. The smallest absolute Gasteiger partial charge is 0.240 e. The first kappa shape index (κ1) is 17.2. The minimum Gasteiger partial charge on any atom is -0.397 e. The molecule has 1 aromatic carbocycles. The molecule has 20 heavy (non-hydrogen) atoms. The molecule has 0 aliphatic carbocycles. The van der Waals surface area contributed by atoms with E-state index in [1.54, 1.807) is 0 Å². The molecule has 0 spiro atoms. The van der Waals surface area contributed by atoms with Gasteiger partial charge in [0, 0.05) is 19.8 Å². The standard InChI is InChI=1S/C13H21ClN2O3S/c1-2-3-8-19-9-4-7-16-20(17,18)11-5-6-12(14)13(15)10-11/h5-6,10,16H,2-4,7-9,15H2,1H3. The van der Waals surface area contributed by atoms with Crippen molar-refractivity contribution in [3.05, 3.63) is 23.2 Å².